The summed E-state index contributed by atoms with van der Waals surface area (Å²) in [5.41, 5.74) is 7.62. The number of rotatable bonds is 15. The molecule has 3 aromatic carbocycles. The highest BCUT2D eigenvalue weighted by atomic mass is 16.6. The Morgan fingerprint density at radius 3 is 2.05 bits per heavy atom. The quantitative estimate of drug-likeness (QED) is 0.119. The first kappa shape index (κ1) is 27.7. The Morgan fingerprint density at radius 2 is 1.42 bits per heavy atom. The number of allylic oxidation sites excluding steroid dienone is 1. The van der Waals surface area contributed by atoms with Gasteiger partial charge in [-0.25, -0.2) is 4.79 Å². The van der Waals surface area contributed by atoms with Crippen LogP contribution in [0.5, 0.6) is 5.75 Å². The largest absolute Gasteiger partial charge is 0.494 e. The van der Waals surface area contributed by atoms with Gasteiger partial charge in [-0.1, -0.05) is 92.9 Å². The molecule has 0 amide bonds. The smallest absolute Gasteiger partial charge is 0.335 e. The Labute approximate surface area is 227 Å². The van der Waals surface area contributed by atoms with Crippen molar-refractivity contribution in [1.82, 2.24) is 0 Å². The van der Waals surface area contributed by atoms with Gasteiger partial charge in [0.05, 0.1) is 13.2 Å². The van der Waals surface area contributed by atoms with E-state index >= 15 is 0 Å². The molecular formula is C34H40O4. The Morgan fingerprint density at radius 1 is 0.763 bits per heavy atom. The Hall–Kier alpha value is -3.37. The van der Waals surface area contributed by atoms with Crippen molar-refractivity contribution >= 4 is 11.5 Å². The number of benzene rings is 3. The van der Waals surface area contributed by atoms with Crippen LogP contribution in [0.15, 0.2) is 78.9 Å². The minimum Gasteiger partial charge on any atom is -0.494 e. The van der Waals surface area contributed by atoms with Gasteiger partial charge in [-0.15, -0.1) is 0 Å². The van der Waals surface area contributed by atoms with Crippen molar-refractivity contribution in [3.05, 3.63) is 95.6 Å². The normalized spacial score (nSPS) is 12.5. The molecule has 0 N–H and O–H groups in total. The maximum atomic E-state index is 12.4. The van der Waals surface area contributed by atoms with E-state index < -0.39 is 6.10 Å². The number of esters is 1. The van der Waals surface area contributed by atoms with E-state index in [1.165, 1.54) is 40.7 Å². The van der Waals surface area contributed by atoms with Crippen LogP contribution in [0, 0.1) is 0 Å². The molecule has 200 valence electrons. The second-order valence-electron chi connectivity index (χ2n) is 9.72. The van der Waals surface area contributed by atoms with Crippen LogP contribution in [0.1, 0.15) is 69.1 Å². The van der Waals surface area contributed by atoms with Crippen LogP contribution in [-0.4, -0.2) is 31.9 Å². The number of hydrogen-bond acceptors (Lipinski definition) is 4. The highest BCUT2D eigenvalue weighted by molar-refractivity contribution is 6.01. The molecule has 0 radical (unpaired) electrons. The molecule has 0 bridgehead atoms. The second-order valence-corrected chi connectivity index (χ2v) is 9.72. The number of ether oxygens (including phenoxy) is 3. The highest BCUT2D eigenvalue weighted by Gasteiger charge is 2.22. The van der Waals surface area contributed by atoms with E-state index in [1.807, 2.05) is 31.2 Å². The van der Waals surface area contributed by atoms with Gasteiger partial charge in [0.1, 0.15) is 5.75 Å². The molecule has 0 heterocycles. The van der Waals surface area contributed by atoms with Crippen molar-refractivity contribution in [2.75, 3.05) is 19.8 Å². The summed E-state index contributed by atoms with van der Waals surface area (Å²) in [5, 5.41) is 0. The highest BCUT2D eigenvalue weighted by Crippen LogP contribution is 2.44. The first-order chi connectivity index (χ1) is 18.7. The summed E-state index contributed by atoms with van der Waals surface area (Å²) in [5.74, 6) is 0.552. The third kappa shape index (κ3) is 7.35. The summed E-state index contributed by atoms with van der Waals surface area (Å²) in [4.78, 5) is 12.4. The average Bonchev–Trinajstić information content (AvgIpc) is 3.27. The van der Waals surface area contributed by atoms with Crippen molar-refractivity contribution < 1.29 is 19.0 Å². The standard InChI is InChI=1S/C34H40O4/c1-3-5-6-12-24-38-33(34(35)36-4-2)25-26-19-21-27(22-20-26)37-23-13-11-18-32-30-16-9-7-14-28(30)29-15-8-10-17-31(29)32/h7-10,14-22,33H,3-6,11-13,23-25H2,1-2H3. The second kappa shape index (κ2) is 14.5. The number of fused-ring (bicyclic) bond motifs is 3. The van der Waals surface area contributed by atoms with Crippen molar-refractivity contribution in [2.24, 2.45) is 0 Å². The SMILES string of the molecule is CCCCCCOC(Cc1ccc(OCCCC=C2c3ccccc3-c3ccccc32)cc1)C(=O)OCC. The van der Waals surface area contributed by atoms with Gasteiger partial charge in [0.25, 0.3) is 0 Å². The minimum atomic E-state index is -0.567. The number of carbonyl (C=O) groups is 1. The van der Waals surface area contributed by atoms with Crippen LogP contribution in [0.4, 0.5) is 0 Å². The van der Waals surface area contributed by atoms with E-state index in [2.05, 4.69) is 61.5 Å². The molecule has 0 saturated heterocycles. The molecule has 4 heteroatoms. The predicted molar refractivity (Wildman–Crippen MR) is 154 cm³/mol. The maximum absolute atomic E-state index is 12.4. The molecule has 4 nitrogen and oxygen atoms in total. The zero-order valence-corrected chi connectivity index (χ0v) is 22.8. The molecule has 0 saturated carbocycles. The zero-order valence-electron chi connectivity index (χ0n) is 22.8. The zero-order chi connectivity index (χ0) is 26.6. The van der Waals surface area contributed by atoms with Crippen molar-refractivity contribution in [3.8, 4) is 16.9 Å². The molecule has 0 aliphatic heterocycles. The predicted octanol–water partition coefficient (Wildman–Crippen LogP) is 8.03. The summed E-state index contributed by atoms with van der Waals surface area (Å²) in [6, 6.07) is 25.2. The molecule has 3 aromatic rings. The summed E-state index contributed by atoms with van der Waals surface area (Å²) in [6.45, 7) is 5.60. The average molecular weight is 513 g/mol. The van der Waals surface area contributed by atoms with E-state index in [9.17, 15) is 4.79 Å². The molecule has 1 unspecified atom stereocenters. The summed E-state index contributed by atoms with van der Waals surface area (Å²) < 4.78 is 17.1. The summed E-state index contributed by atoms with van der Waals surface area (Å²) in [7, 11) is 0. The lowest BCUT2D eigenvalue weighted by Gasteiger charge is -2.17. The molecule has 1 aliphatic rings. The van der Waals surface area contributed by atoms with Crippen LogP contribution in [0.3, 0.4) is 0 Å². The lowest BCUT2D eigenvalue weighted by atomic mass is 10.0. The van der Waals surface area contributed by atoms with Gasteiger partial charge in [-0.3, -0.25) is 0 Å². The fraction of sp³-hybridized carbons (Fsp3) is 0.382. The van der Waals surface area contributed by atoms with Gasteiger partial charge < -0.3 is 14.2 Å². The number of hydrogen-bond donors (Lipinski definition) is 0. The van der Waals surface area contributed by atoms with Crippen molar-refractivity contribution in [3.63, 3.8) is 0 Å². The van der Waals surface area contributed by atoms with E-state index in [1.54, 1.807) is 0 Å². The molecule has 4 rings (SSSR count). The van der Waals surface area contributed by atoms with Crippen LogP contribution in [-0.2, 0) is 20.7 Å². The first-order valence-corrected chi connectivity index (χ1v) is 14.1. The minimum absolute atomic E-state index is 0.287. The third-order valence-electron chi connectivity index (χ3n) is 6.90. The molecule has 1 atom stereocenters. The van der Waals surface area contributed by atoms with Gasteiger partial charge >= 0.3 is 5.97 Å². The van der Waals surface area contributed by atoms with Crippen LogP contribution < -0.4 is 4.74 Å². The van der Waals surface area contributed by atoms with E-state index in [0.29, 0.717) is 26.2 Å². The molecule has 0 aromatic heterocycles. The molecule has 0 fully saturated rings. The lowest BCUT2D eigenvalue weighted by molar-refractivity contribution is -0.156. The molecule has 38 heavy (non-hydrogen) atoms. The monoisotopic (exact) mass is 512 g/mol. The molecule has 0 spiro atoms. The van der Waals surface area contributed by atoms with E-state index in [4.69, 9.17) is 14.2 Å². The topological polar surface area (TPSA) is 44.8 Å². The van der Waals surface area contributed by atoms with Gasteiger partial charge in [0, 0.05) is 13.0 Å². The van der Waals surface area contributed by atoms with Gasteiger partial charge in [-0.05, 0) is 71.7 Å². The third-order valence-corrected chi connectivity index (χ3v) is 6.90. The molecular weight excluding hydrogens is 472 g/mol. The van der Waals surface area contributed by atoms with E-state index in [-0.39, 0.29) is 5.97 Å². The maximum Gasteiger partial charge on any atom is 0.335 e. The lowest BCUT2D eigenvalue weighted by Crippen LogP contribution is -2.29. The summed E-state index contributed by atoms with van der Waals surface area (Å²) >= 11 is 0. The Kier molecular flexibility index (Phi) is 10.6. The Bertz CT molecular complexity index is 1150. The molecule has 1 aliphatic carbocycles. The fourth-order valence-corrected chi connectivity index (χ4v) is 4.93. The Balaban J connectivity index is 1.26. The van der Waals surface area contributed by atoms with Gasteiger partial charge in [0.15, 0.2) is 6.10 Å². The van der Waals surface area contributed by atoms with Crippen molar-refractivity contribution in [2.45, 2.75) is 64.9 Å². The van der Waals surface area contributed by atoms with Crippen LogP contribution in [0.2, 0.25) is 0 Å². The van der Waals surface area contributed by atoms with Gasteiger partial charge in [0.2, 0.25) is 0 Å². The van der Waals surface area contributed by atoms with Crippen molar-refractivity contribution in [1.29, 1.82) is 0 Å². The van der Waals surface area contributed by atoms with Gasteiger partial charge in [-0.2, -0.15) is 0 Å². The number of carbonyl (C=O) groups excluding carboxylic acids is 1. The van der Waals surface area contributed by atoms with Crippen LogP contribution in [0.25, 0.3) is 16.7 Å². The van der Waals surface area contributed by atoms with Crippen LogP contribution >= 0.6 is 0 Å². The fourth-order valence-electron chi connectivity index (χ4n) is 4.93. The van der Waals surface area contributed by atoms with E-state index in [0.717, 1.165) is 37.0 Å². The number of unbranched alkanes of at least 4 members (excludes halogenated alkanes) is 4. The summed E-state index contributed by atoms with van der Waals surface area (Å²) in [6.07, 6.45) is 8.62. The first-order valence-electron chi connectivity index (χ1n) is 14.1.